The molecule has 0 aliphatic heterocycles. The fourth-order valence-electron chi connectivity index (χ4n) is 0.441. The number of hydrogen-bond donors (Lipinski definition) is 1. The van der Waals surface area contributed by atoms with E-state index < -0.39 is 0 Å². The number of phenols is 1. The summed E-state index contributed by atoms with van der Waals surface area (Å²) < 4.78 is 20.0. The molecule has 0 saturated heterocycles. The smallest absolute Gasteiger partial charge is 0.138 e. The van der Waals surface area contributed by atoms with Gasteiger partial charge in [0.05, 0.1) is 0 Å². The van der Waals surface area contributed by atoms with Crippen LogP contribution in [0.1, 0.15) is 0 Å². The van der Waals surface area contributed by atoms with E-state index in [4.69, 9.17) is 9.67 Å². The summed E-state index contributed by atoms with van der Waals surface area (Å²) in [6.07, 6.45) is 0. The van der Waals surface area contributed by atoms with Crippen molar-refractivity contribution in [3.8, 4) is 5.75 Å². The Morgan fingerprint density at radius 2 is 1.42 bits per heavy atom. The monoisotopic (exact) mass is 232 g/mol. The van der Waals surface area contributed by atoms with Gasteiger partial charge < -0.3 is 5.11 Å². The van der Waals surface area contributed by atoms with Crippen molar-refractivity contribution in [2.75, 3.05) is 0 Å². The first-order valence-electron chi connectivity index (χ1n) is 2.44. The maximum atomic E-state index is 12.0. The Balaban J connectivity index is -0.000000189. The van der Waals surface area contributed by atoms with Crippen LogP contribution in [-0.2, 0) is 4.57 Å². The Kier molecular flexibility index (Phi) is 15.6. The Labute approximate surface area is 84.2 Å². The summed E-state index contributed by atoms with van der Waals surface area (Å²) in [6, 6.07) is 5.01. The maximum absolute atomic E-state index is 12.0. The highest BCUT2D eigenvalue weighted by molar-refractivity contribution is 7.00. The minimum Gasteiger partial charge on any atom is -0.508 e. The van der Waals surface area contributed by atoms with E-state index in [1.165, 1.54) is 24.3 Å². The molecule has 0 fully saturated rings. The number of hydrogen-bond acceptors (Lipinski definition) is 2. The van der Waals surface area contributed by atoms with E-state index in [0.29, 0.717) is 0 Å². The first-order chi connectivity index (χ1) is 4.79. The molecule has 1 rings (SSSR count). The summed E-state index contributed by atoms with van der Waals surface area (Å²) in [5, 5.41) is 8.59. The first kappa shape index (κ1) is 17.6. The van der Waals surface area contributed by atoms with E-state index >= 15 is 0 Å². The van der Waals surface area contributed by atoms with Gasteiger partial charge in [-0.25, -0.2) is 4.39 Å². The van der Waals surface area contributed by atoms with Gasteiger partial charge in [-0.1, -0.05) is 0 Å². The second-order valence-electron chi connectivity index (χ2n) is 1.48. The average Bonchev–Trinajstić information content (AvgIpc) is 2.00. The van der Waals surface area contributed by atoms with Gasteiger partial charge in [-0.3, -0.25) is 4.57 Å². The van der Waals surface area contributed by atoms with Gasteiger partial charge in [0.2, 0.25) is 0 Å². The zero-order valence-corrected chi connectivity index (χ0v) is 8.49. The van der Waals surface area contributed by atoms with Gasteiger partial charge in [0, 0.05) is 0 Å². The van der Waals surface area contributed by atoms with Crippen LogP contribution in [0.4, 0.5) is 4.39 Å². The van der Waals surface area contributed by atoms with Gasteiger partial charge in [0.15, 0.2) is 0 Å². The molecule has 12 heavy (non-hydrogen) atoms. The summed E-state index contributed by atoms with van der Waals surface area (Å²) in [4.78, 5) is 0. The van der Waals surface area contributed by atoms with Crippen LogP contribution in [0.15, 0.2) is 24.3 Å². The highest BCUT2D eigenvalue weighted by Gasteiger charge is 1.85. The van der Waals surface area contributed by atoms with E-state index in [9.17, 15) is 4.39 Å². The molecule has 0 aliphatic carbocycles. The van der Waals surface area contributed by atoms with E-state index in [2.05, 4.69) is 0 Å². The lowest BCUT2D eigenvalue weighted by atomic mass is 10.3. The number of rotatable bonds is 0. The number of phenolic OH excluding ortho intramolecular Hbond substituents is 1. The second-order valence-corrected chi connectivity index (χ2v) is 1.48. The molecule has 0 spiro atoms. The first-order valence-corrected chi connectivity index (χ1v) is 2.85. The van der Waals surface area contributed by atoms with Gasteiger partial charge >= 0.3 is 0 Å². The SMILES string of the molecule is Cl.Cl.O=P.Oc1ccc(F)cc1. The van der Waals surface area contributed by atoms with Gasteiger partial charge in [-0.2, -0.15) is 0 Å². The molecule has 70 valence electrons. The molecule has 0 heterocycles. The lowest BCUT2D eigenvalue weighted by Crippen LogP contribution is -1.67. The van der Waals surface area contributed by atoms with Crippen LogP contribution in [0.5, 0.6) is 5.75 Å². The number of halogens is 3. The fraction of sp³-hybridized carbons (Fsp3) is 0. The topological polar surface area (TPSA) is 37.3 Å². The van der Waals surface area contributed by atoms with Crippen LogP contribution in [-0.4, -0.2) is 5.11 Å². The molecular weight excluding hydrogens is 225 g/mol. The average molecular weight is 233 g/mol. The van der Waals surface area contributed by atoms with E-state index in [-0.39, 0.29) is 36.4 Å². The third-order valence-electron chi connectivity index (χ3n) is 0.827. The van der Waals surface area contributed by atoms with Gasteiger partial charge in [0.25, 0.3) is 0 Å². The zero-order valence-electron chi connectivity index (χ0n) is 5.86. The third kappa shape index (κ3) is 7.73. The summed E-state index contributed by atoms with van der Waals surface area (Å²) in [6.45, 7) is 0. The second kappa shape index (κ2) is 10.6. The lowest BCUT2D eigenvalue weighted by molar-refractivity contribution is 0.473. The van der Waals surface area contributed by atoms with Crippen molar-refractivity contribution >= 4 is 33.9 Å². The molecule has 1 aromatic rings. The van der Waals surface area contributed by atoms with E-state index in [1.807, 2.05) is 0 Å². The molecule has 0 saturated carbocycles. The van der Waals surface area contributed by atoms with E-state index in [1.54, 1.807) is 9.12 Å². The van der Waals surface area contributed by atoms with Gasteiger partial charge in [-0.15, -0.1) is 24.8 Å². The van der Waals surface area contributed by atoms with Crippen LogP contribution in [0.3, 0.4) is 0 Å². The third-order valence-corrected chi connectivity index (χ3v) is 0.827. The highest BCUT2D eigenvalue weighted by Crippen LogP contribution is 2.06. The molecule has 0 atom stereocenters. The van der Waals surface area contributed by atoms with Crippen molar-refractivity contribution in [3.05, 3.63) is 30.1 Å². The van der Waals surface area contributed by atoms with Crippen molar-refractivity contribution < 1.29 is 14.1 Å². The molecule has 1 N–H and O–H groups in total. The Morgan fingerprint density at radius 1 is 1.08 bits per heavy atom. The molecule has 0 unspecified atom stereocenters. The standard InChI is InChI=1S/C6H5FO.2ClH.HOP/c7-5-1-3-6(8)4-2-5;;;1-2/h1-4,8H;2*1H;2H. The predicted octanol–water partition coefficient (Wildman–Crippen LogP) is 2.85. The molecule has 6 heteroatoms. The van der Waals surface area contributed by atoms with Crippen LogP contribution in [0.25, 0.3) is 0 Å². The quantitative estimate of drug-likeness (QED) is 0.699. The molecule has 0 aromatic heterocycles. The van der Waals surface area contributed by atoms with Crippen molar-refractivity contribution in [2.24, 2.45) is 0 Å². The molecular formula is C6H8Cl2FO2P. The molecule has 2 nitrogen and oxygen atoms in total. The number of benzene rings is 1. The minimum atomic E-state index is -0.331. The van der Waals surface area contributed by atoms with Crippen molar-refractivity contribution in [1.29, 1.82) is 0 Å². The number of aromatic hydroxyl groups is 1. The van der Waals surface area contributed by atoms with Gasteiger partial charge in [-0.05, 0) is 24.3 Å². The minimum absolute atomic E-state index is 0. The summed E-state index contributed by atoms with van der Waals surface area (Å²) in [7, 11) is 1.72. The molecule has 0 radical (unpaired) electrons. The molecule has 0 aliphatic rings. The lowest BCUT2D eigenvalue weighted by Gasteiger charge is -1.86. The Morgan fingerprint density at radius 3 is 1.67 bits per heavy atom. The molecule has 0 bridgehead atoms. The Hall–Kier alpha value is -0.370. The highest BCUT2D eigenvalue weighted by atomic mass is 35.5. The Bertz CT molecular complexity index is 174. The molecule has 1 aromatic carbocycles. The van der Waals surface area contributed by atoms with Crippen molar-refractivity contribution in [1.82, 2.24) is 0 Å². The van der Waals surface area contributed by atoms with Crippen LogP contribution < -0.4 is 0 Å². The largest absolute Gasteiger partial charge is 0.508 e. The summed E-state index contributed by atoms with van der Waals surface area (Å²) in [5.41, 5.74) is 0. The summed E-state index contributed by atoms with van der Waals surface area (Å²) in [5.74, 6) is -0.241. The maximum Gasteiger partial charge on any atom is 0.138 e. The molecule has 0 amide bonds. The van der Waals surface area contributed by atoms with Gasteiger partial charge in [0.1, 0.15) is 20.7 Å². The van der Waals surface area contributed by atoms with Crippen molar-refractivity contribution in [2.45, 2.75) is 0 Å². The normalized spacial score (nSPS) is 6.42. The van der Waals surface area contributed by atoms with Crippen LogP contribution in [0, 0.1) is 5.82 Å². The van der Waals surface area contributed by atoms with Crippen molar-refractivity contribution in [3.63, 3.8) is 0 Å². The zero-order chi connectivity index (χ0) is 7.98. The van der Waals surface area contributed by atoms with E-state index in [0.717, 1.165) is 0 Å². The predicted molar refractivity (Wildman–Crippen MR) is 51.6 cm³/mol. The van der Waals surface area contributed by atoms with Crippen LogP contribution >= 0.6 is 33.9 Å². The fourth-order valence-corrected chi connectivity index (χ4v) is 0.441. The van der Waals surface area contributed by atoms with Crippen LogP contribution in [0.2, 0.25) is 0 Å². The summed E-state index contributed by atoms with van der Waals surface area (Å²) >= 11 is 0.